The molecule has 0 bridgehead atoms. The first-order valence-electron chi connectivity index (χ1n) is 8.50. The number of nitrogens with zero attached hydrogens (tertiary/aromatic N) is 3. The average Bonchev–Trinajstić information content (AvgIpc) is 2.74. The number of carbonyl (C=O) groups excluding carboxylic acids is 1. The van der Waals surface area contributed by atoms with Crippen molar-refractivity contribution >= 4 is 28.2 Å². The molecule has 6 nitrogen and oxygen atoms in total. The van der Waals surface area contributed by atoms with Crippen molar-refractivity contribution in [3.8, 4) is 11.4 Å². The van der Waals surface area contributed by atoms with E-state index < -0.39 is 0 Å². The Kier molecular flexibility index (Phi) is 4.45. The number of carbonyl (C=O) groups is 1. The lowest BCUT2D eigenvalue weighted by atomic mass is 10.1. The Labute approximate surface area is 156 Å². The minimum absolute atomic E-state index is 0.198. The molecule has 27 heavy (non-hydrogen) atoms. The van der Waals surface area contributed by atoms with Crippen LogP contribution >= 0.6 is 0 Å². The van der Waals surface area contributed by atoms with Crippen LogP contribution in [0.3, 0.4) is 0 Å². The smallest absolute Gasteiger partial charge is 0.256 e. The Morgan fingerprint density at radius 2 is 1.70 bits per heavy atom. The van der Waals surface area contributed by atoms with Crippen LogP contribution in [0.15, 0.2) is 73.2 Å². The van der Waals surface area contributed by atoms with Crippen molar-refractivity contribution in [3.05, 3.63) is 78.8 Å². The van der Waals surface area contributed by atoms with Crippen molar-refractivity contribution in [2.24, 2.45) is 0 Å². The van der Waals surface area contributed by atoms with Gasteiger partial charge in [0.25, 0.3) is 5.91 Å². The maximum atomic E-state index is 13.0. The average molecular weight is 355 g/mol. The number of nitrogens with one attached hydrogen (secondary N) is 2. The molecule has 2 N–H and O–H groups in total. The lowest BCUT2D eigenvalue weighted by molar-refractivity contribution is 0.102. The Balaban J connectivity index is 1.75. The van der Waals surface area contributed by atoms with E-state index in [2.05, 4.69) is 25.6 Å². The van der Waals surface area contributed by atoms with Crippen molar-refractivity contribution in [2.45, 2.75) is 0 Å². The van der Waals surface area contributed by atoms with Crippen LogP contribution in [0.2, 0.25) is 0 Å². The van der Waals surface area contributed by atoms with Crippen molar-refractivity contribution in [3.63, 3.8) is 0 Å². The Hall–Kier alpha value is -3.80. The number of pyridine rings is 1. The highest BCUT2D eigenvalue weighted by atomic mass is 16.1. The third-order valence-corrected chi connectivity index (χ3v) is 4.22. The van der Waals surface area contributed by atoms with E-state index in [4.69, 9.17) is 0 Å². The molecular weight excluding hydrogens is 338 g/mol. The number of benzene rings is 2. The molecule has 0 saturated heterocycles. The fourth-order valence-corrected chi connectivity index (χ4v) is 2.84. The second-order valence-electron chi connectivity index (χ2n) is 5.94. The summed E-state index contributed by atoms with van der Waals surface area (Å²) in [6.45, 7) is 0. The van der Waals surface area contributed by atoms with E-state index in [9.17, 15) is 4.79 Å². The van der Waals surface area contributed by atoms with Gasteiger partial charge in [-0.3, -0.25) is 14.8 Å². The number of aromatic nitrogens is 3. The van der Waals surface area contributed by atoms with Crippen LogP contribution in [-0.4, -0.2) is 27.9 Å². The molecule has 4 aromatic rings. The molecule has 0 atom stereocenters. The van der Waals surface area contributed by atoms with E-state index in [-0.39, 0.29) is 5.91 Å². The Morgan fingerprint density at radius 3 is 2.44 bits per heavy atom. The second kappa shape index (κ2) is 7.21. The first-order chi connectivity index (χ1) is 13.2. The van der Waals surface area contributed by atoms with E-state index in [1.807, 2.05) is 55.6 Å². The van der Waals surface area contributed by atoms with Crippen LogP contribution in [0, 0.1) is 0 Å². The molecule has 0 saturated carbocycles. The van der Waals surface area contributed by atoms with Gasteiger partial charge in [-0.25, -0.2) is 4.98 Å². The molecule has 2 aromatic heterocycles. The third-order valence-electron chi connectivity index (χ3n) is 4.22. The molecule has 0 aliphatic rings. The fraction of sp³-hybridized carbons (Fsp3) is 0.0476. The Bertz CT molecular complexity index is 1090. The van der Waals surface area contributed by atoms with Crippen LogP contribution in [-0.2, 0) is 0 Å². The van der Waals surface area contributed by atoms with Crippen molar-refractivity contribution in [1.29, 1.82) is 0 Å². The van der Waals surface area contributed by atoms with E-state index >= 15 is 0 Å². The van der Waals surface area contributed by atoms with Gasteiger partial charge in [-0.2, -0.15) is 0 Å². The molecule has 2 heterocycles. The SMILES string of the molecule is CNc1ccc(NC(=O)c2cc(-c3cnccn3)nc3ccccc23)cc1. The van der Waals surface area contributed by atoms with Gasteiger partial charge < -0.3 is 10.6 Å². The fourth-order valence-electron chi connectivity index (χ4n) is 2.84. The molecule has 6 heteroatoms. The van der Waals surface area contributed by atoms with Gasteiger partial charge in [-0.1, -0.05) is 18.2 Å². The predicted octanol–water partition coefficient (Wildman–Crippen LogP) is 3.99. The summed E-state index contributed by atoms with van der Waals surface area (Å²) in [6.07, 6.45) is 4.84. The number of amides is 1. The normalized spacial score (nSPS) is 10.6. The van der Waals surface area contributed by atoms with E-state index in [1.165, 1.54) is 0 Å². The van der Waals surface area contributed by atoms with Crippen molar-refractivity contribution in [2.75, 3.05) is 17.7 Å². The molecule has 0 fully saturated rings. The summed E-state index contributed by atoms with van der Waals surface area (Å²) in [5.41, 5.74) is 4.21. The molecule has 132 valence electrons. The topological polar surface area (TPSA) is 79.8 Å². The first-order valence-corrected chi connectivity index (χ1v) is 8.50. The number of hydrogen-bond donors (Lipinski definition) is 2. The molecule has 1 amide bonds. The quantitative estimate of drug-likeness (QED) is 0.579. The highest BCUT2D eigenvalue weighted by Crippen LogP contribution is 2.24. The molecule has 2 aromatic carbocycles. The summed E-state index contributed by atoms with van der Waals surface area (Å²) in [4.78, 5) is 26.0. The number of rotatable bonds is 4. The summed E-state index contributed by atoms with van der Waals surface area (Å²) >= 11 is 0. The van der Waals surface area contributed by atoms with Crippen LogP contribution in [0.1, 0.15) is 10.4 Å². The molecule has 0 spiro atoms. The Morgan fingerprint density at radius 1 is 0.926 bits per heavy atom. The van der Waals surface area contributed by atoms with E-state index in [0.29, 0.717) is 17.0 Å². The number of para-hydroxylation sites is 1. The van der Waals surface area contributed by atoms with E-state index in [1.54, 1.807) is 24.7 Å². The van der Waals surface area contributed by atoms with Crippen LogP contribution in [0.4, 0.5) is 11.4 Å². The number of anilines is 2. The predicted molar refractivity (Wildman–Crippen MR) is 107 cm³/mol. The summed E-state index contributed by atoms with van der Waals surface area (Å²) in [6, 6.07) is 16.8. The maximum absolute atomic E-state index is 13.0. The van der Waals surface area contributed by atoms with Gasteiger partial charge in [0.15, 0.2) is 0 Å². The van der Waals surface area contributed by atoms with Gasteiger partial charge in [-0.15, -0.1) is 0 Å². The van der Waals surface area contributed by atoms with Crippen LogP contribution in [0.5, 0.6) is 0 Å². The lowest BCUT2D eigenvalue weighted by Gasteiger charge is -2.10. The van der Waals surface area contributed by atoms with Crippen LogP contribution < -0.4 is 10.6 Å². The van der Waals surface area contributed by atoms with Crippen molar-refractivity contribution < 1.29 is 4.79 Å². The van der Waals surface area contributed by atoms with Gasteiger partial charge in [0, 0.05) is 36.2 Å². The summed E-state index contributed by atoms with van der Waals surface area (Å²) in [7, 11) is 1.85. The minimum Gasteiger partial charge on any atom is -0.388 e. The van der Waals surface area contributed by atoms with Gasteiger partial charge >= 0.3 is 0 Å². The highest BCUT2D eigenvalue weighted by Gasteiger charge is 2.14. The number of hydrogen-bond acceptors (Lipinski definition) is 5. The van der Waals surface area contributed by atoms with Gasteiger partial charge in [0.2, 0.25) is 0 Å². The molecule has 0 aliphatic carbocycles. The number of fused-ring (bicyclic) bond motifs is 1. The molecule has 0 aliphatic heterocycles. The third kappa shape index (κ3) is 3.46. The maximum Gasteiger partial charge on any atom is 0.256 e. The molecule has 4 rings (SSSR count). The summed E-state index contributed by atoms with van der Waals surface area (Å²) < 4.78 is 0. The first kappa shape index (κ1) is 16.7. The van der Waals surface area contributed by atoms with Gasteiger partial charge in [0.05, 0.1) is 23.0 Å². The zero-order chi connectivity index (χ0) is 18.6. The van der Waals surface area contributed by atoms with Crippen molar-refractivity contribution in [1.82, 2.24) is 15.0 Å². The molecule has 0 radical (unpaired) electrons. The standard InChI is InChI=1S/C21H17N5O/c1-22-14-6-8-15(9-7-14)25-21(27)17-12-19(20-13-23-10-11-24-20)26-18-5-3-2-4-16(17)18/h2-13,22H,1H3,(H,25,27). The molecule has 0 unspecified atom stereocenters. The second-order valence-corrected chi connectivity index (χ2v) is 5.94. The van der Waals surface area contributed by atoms with Gasteiger partial charge in [-0.05, 0) is 36.4 Å². The molecular formula is C21H17N5O. The summed E-state index contributed by atoms with van der Waals surface area (Å²) in [5, 5.41) is 6.79. The zero-order valence-corrected chi connectivity index (χ0v) is 14.7. The summed E-state index contributed by atoms with van der Waals surface area (Å²) in [5.74, 6) is -0.198. The van der Waals surface area contributed by atoms with E-state index in [0.717, 1.165) is 22.3 Å². The zero-order valence-electron chi connectivity index (χ0n) is 14.7. The van der Waals surface area contributed by atoms with Crippen LogP contribution in [0.25, 0.3) is 22.3 Å². The highest BCUT2D eigenvalue weighted by molar-refractivity contribution is 6.13. The lowest BCUT2D eigenvalue weighted by Crippen LogP contribution is -2.13. The van der Waals surface area contributed by atoms with Gasteiger partial charge in [0.1, 0.15) is 5.69 Å². The largest absolute Gasteiger partial charge is 0.388 e. The minimum atomic E-state index is -0.198. The monoisotopic (exact) mass is 355 g/mol.